The third-order valence-corrected chi connectivity index (χ3v) is 5.20. The number of methoxy groups -OCH3 is 1. The average molecular weight is 384 g/mol. The van der Waals surface area contributed by atoms with Crippen LogP contribution in [0.15, 0.2) is 30.3 Å². The van der Waals surface area contributed by atoms with Crippen molar-refractivity contribution < 1.29 is 14.3 Å². The first-order valence-electron chi connectivity index (χ1n) is 9.75. The van der Waals surface area contributed by atoms with Crippen LogP contribution in [0.25, 0.3) is 0 Å². The molecule has 1 atom stereocenters. The van der Waals surface area contributed by atoms with Crippen LogP contribution in [0.1, 0.15) is 40.2 Å². The van der Waals surface area contributed by atoms with Gasteiger partial charge in [-0.25, -0.2) is 0 Å². The number of nitrogens with one attached hydrogen (secondary N) is 2. The van der Waals surface area contributed by atoms with Crippen LogP contribution in [0.4, 0.5) is 0 Å². The van der Waals surface area contributed by atoms with Crippen LogP contribution in [0.2, 0.25) is 0 Å². The molecule has 1 aromatic heterocycles. The Balaban J connectivity index is 1.57. The van der Waals surface area contributed by atoms with E-state index < -0.39 is 0 Å². The van der Waals surface area contributed by atoms with Gasteiger partial charge in [0.1, 0.15) is 0 Å². The van der Waals surface area contributed by atoms with Crippen molar-refractivity contribution in [1.29, 1.82) is 0 Å². The number of amides is 1. The monoisotopic (exact) mass is 384 g/mol. The summed E-state index contributed by atoms with van der Waals surface area (Å²) in [5.74, 6) is -0.341. The van der Waals surface area contributed by atoms with E-state index in [0.29, 0.717) is 25.2 Å². The fourth-order valence-corrected chi connectivity index (χ4v) is 3.68. The molecule has 150 valence electrons. The molecule has 1 aromatic carbocycles. The number of carbonyl (C=O) groups is 2. The zero-order valence-electron chi connectivity index (χ0n) is 16.5. The predicted molar refractivity (Wildman–Crippen MR) is 106 cm³/mol. The van der Waals surface area contributed by atoms with E-state index >= 15 is 0 Å². The quantitative estimate of drug-likeness (QED) is 0.672. The Hall–Kier alpha value is -2.67. The number of nitrogens with zero attached hydrogens (tertiary/aromatic N) is 2. The van der Waals surface area contributed by atoms with E-state index in [0.717, 1.165) is 36.9 Å². The number of aromatic nitrogens is 2. The molecule has 1 aliphatic rings. The standard InChI is InChI=1S/C21H28N4O3/c1-25-18-9-8-16(22-13-11-19(26)28-2)14-17(18)20(24-25)21(27)23-12-10-15-6-4-3-5-7-15/h3-7,16,22H,8-14H2,1-2H3,(H,23,27). The van der Waals surface area contributed by atoms with Crippen LogP contribution in [0.3, 0.4) is 0 Å². The molecule has 0 radical (unpaired) electrons. The lowest BCUT2D eigenvalue weighted by Gasteiger charge is -2.24. The van der Waals surface area contributed by atoms with Gasteiger partial charge in [-0.2, -0.15) is 5.10 Å². The molecule has 3 rings (SSSR count). The highest BCUT2D eigenvalue weighted by atomic mass is 16.5. The van der Waals surface area contributed by atoms with Crippen molar-refractivity contribution in [2.45, 2.75) is 38.1 Å². The van der Waals surface area contributed by atoms with Gasteiger partial charge in [-0.15, -0.1) is 0 Å². The Morgan fingerprint density at radius 1 is 1.25 bits per heavy atom. The Bertz CT molecular complexity index is 817. The van der Waals surface area contributed by atoms with Crippen molar-refractivity contribution in [3.05, 3.63) is 52.8 Å². The summed E-state index contributed by atoms with van der Waals surface area (Å²) in [4.78, 5) is 24.0. The molecule has 28 heavy (non-hydrogen) atoms. The van der Waals surface area contributed by atoms with E-state index in [2.05, 4.69) is 32.6 Å². The number of carbonyl (C=O) groups excluding carboxylic acids is 2. The first-order chi connectivity index (χ1) is 13.6. The van der Waals surface area contributed by atoms with E-state index in [1.165, 1.54) is 12.7 Å². The van der Waals surface area contributed by atoms with Gasteiger partial charge in [0.2, 0.25) is 0 Å². The van der Waals surface area contributed by atoms with Crippen molar-refractivity contribution in [3.8, 4) is 0 Å². The molecule has 0 spiro atoms. The topological polar surface area (TPSA) is 85.2 Å². The fourth-order valence-electron chi connectivity index (χ4n) is 3.68. The highest BCUT2D eigenvalue weighted by Crippen LogP contribution is 2.24. The molecule has 1 aliphatic carbocycles. The number of hydrogen-bond acceptors (Lipinski definition) is 5. The second-order valence-electron chi connectivity index (χ2n) is 7.11. The largest absolute Gasteiger partial charge is 0.469 e. The van der Waals surface area contributed by atoms with Crippen LogP contribution in [0, 0.1) is 0 Å². The highest BCUT2D eigenvalue weighted by molar-refractivity contribution is 5.94. The maximum atomic E-state index is 12.7. The van der Waals surface area contributed by atoms with Gasteiger partial charge < -0.3 is 15.4 Å². The third kappa shape index (κ3) is 4.98. The maximum Gasteiger partial charge on any atom is 0.306 e. The maximum absolute atomic E-state index is 12.7. The van der Waals surface area contributed by atoms with E-state index in [4.69, 9.17) is 0 Å². The number of aryl methyl sites for hydroxylation is 1. The molecule has 2 N–H and O–H groups in total. The summed E-state index contributed by atoms with van der Waals surface area (Å²) in [6.07, 6.45) is 3.71. The van der Waals surface area contributed by atoms with Crippen LogP contribution in [0.5, 0.6) is 0 Å². The highest BCUT2D eigenvalue weighted by Gasteiger charge is 2.28. The van der Waals surface area contributed by atoms with Crippen LogP contribution in [-0.2, 0) is 35.8 Å². The molecule has 1 amide bonds. The summed E-state index contributed by atoms with van der Waals surface area (Å²) >= 11 is 0. The van der Waals surface area contributed by atoms with Gasteiger partial charge in [0.25, 0.3) is 5.91 Å². The van der Waals surface area contributed by atoms with Crippen molar-refractivity contribution >= 4 is 11.9 Å². The lowest BCUT2D eigenvalue weighted by molar-refractivity contribution is -0.140. The molecule has 0 bridgehead atoms. The van der Waals surface area contributed by atoms with Crippen LogP contribution in [-0.4, -0.2) is 47.9 Å². The summed E-state index contributed by atoms with van der Waals surface area (Å²) in [7, 11) is 3.29. The summed E-state index contributed by atoms with van der Waals surface area (Å²) < 4.78 is 6.50. The molecule has 2 aromatic rings. The zero-order valence-corrected chi connectivity index (χ0v) is 16.5. The van der Waals surface area contributed by atoms with Crippen molar-refractivity contribution in [3.63, 3.8) is 0 Å². The SMILES string of the molecule is COC(=O)CCNC1CCc2c(c(C(=O)NCCc3ccccc3)nn2C)C1. The third-order valence-electron chi connectivity index (χ3n) is 5.20. The summed E-state index contributed by atoms with van der Waals surface area (Å²) in [6.45, 7) is 1.15. The predicted octanol–water partition coefficient (Wildman–Crippen LogP) is 1.40. The van der Waals surface area contributed by atoms with Crippen molar-refractivity contribution in [2.75, 3.05) is 20.2 Å². The number of benzene rings is 1. The second-order valence-corrected chi connectivity index (χ2v) is 7.11. The molecular formula is C21H28N4O3. The normalized spacial score (nSPS) is 15.7. The Kier molecular flexibility index (Phi) is 6.81. The smallest absolute Gasteiger partial charge is 0.306 e. The molecule has 7 heteroatoms. The second kappa shape index (κ2) is 9.50. The molecule has 0 saturated carbocycles. The van der Waals surface area contributed by atoms with E-state index in [1.807, 2.05) is 29.9 Å². The zero-order chi connectivity index (χ0) is 19.9. The molecular weight excluding hydrogens is 356 g/mol. The molecule has 0 fully saturated rings. The van der Waals surface area contributed by atoms with Crippen molar-refractivity contribution in [1.82, 2.24) is 20.4 Å². The molecule has 1 unspecified atom stereocenters. The minimum absolute atomic E-state index is 0.122. The van der Waals surface area contributed by atoms with Crippen molar-refractivity contribution in [2.24, 2.45) is 7.05 Å². The Morgan fingerprint density at radius 2 is 2.04 bits per heavy atom. The van der Waals surface area contributed by atoms with Gasteiger partial charge in [-0.1, -0.05) is 30.3 Å². The number of ether oxygens (including phenoxy) is 1. The molecule has 0 saturated heterocycles. The average Bonchev–Trinajstić information content (AvgIpc) is 3.04. The Labute approximate surface area is 165 Å². The van der Waals surface area contributed by atoms with E-state index in [9.17, 15) is 9.59 Å². The van der Waals surface area contributed by atoms with Gasteiger partial charge in [0.15, 0.2) is 5.69 Å². The van der Waals surface area contributed by atoms with Gasteiger partial charge in [0, 0.05) is 37.4 Å². The van der Waals surface area contributed by atoms with Gasteiger partial charge >= 0.3 is 5.97 Å². The van der Waals surface area contributed by atoms with Crippen LogP contribution >= 0.6 is 0 Å². The number of fused-ring (bicyclic) bond motifs is 1. The first kappa shape index (κ1) is 20.1. The molecule has 7 nitrogen and oxygen atoms in total. The number of hydrogen-bond donors (Lipinski definition) is 2. The lowest BCUT2D eigenvalue weighted by atomic mass is 9.91. The van der Waals surface area contributed by atoms with Crippen LogP contribution < -0.4 is 10.6 Å². The molecule has 0 aliphatic heterocycles. The lowest BCUT2D eigenvalue weighted by Crippen LogP contribution is -2.37. The minimum atomic E-state index is -0.219. The van der Waals surface area contributed by atoms with Gasteiger partial charge in [0.05, 0.1) is 13.5 Å². The summed E-state index contributed by atoms with van der Waals surface area (Å²) in [6, 6.07) is 10.3. The first-order valence-corrected chi connectivity index (χ1v) is 9.75. The van der Waals surface area contributed by atoms with Gasteiger partial charge in [-0.3, -0.25) is 14.3 Å². The Morgan fingerprint density at radius 3 is 2.79 bits per heavy atom. The minimum Gasteiger partial charge on any atom is -0.469 e. The molecule has 1 heterocycles. The van der Waals surface area contributed by atoms with E-state index in [-0.39, 0.29) is 17.9 Å². The fraction of sp³-hybridized carbons (Fsp3) is 0.476. The van der Waals surface area contributed by atoms with Gasteiger partial charge in [-0.05, 0) is 31.2 Å². The summed E-state index contributed by atoms with van der Waals surface area (Å²) in [5.41, 5.74) is 3.85. The van der Waals surface area contributed by atoms with E-state index in [1.54, 1.807) is 0 Å². The number of esters is 1. The summed E-state index contributed by atoms with van der Waals surface area (Å²) in [5, 5.41) is 10.9. The number of rotatable bonds is 8.